The van der Waals surface area contributed by atoms with E-state index in [2.05, 4.69) is 13.8 Å². The molecule has 1 saturated carbocycles. The van der Waals surface area contributed by atoms with E-state index < -0.39 is 5.60 Å². The number of rotatable bonds is 2. The molecule has 1 aromatic rings. The van der Waals surface area contributed by atoms with Crippen LogP contribution in [0.1, 0.15) is 38.7 Å². The summed E-state index contributed by atoms with van der Waals surface area (Å²) in [6.07, 6.45) is 3.29. The standard InChI is InChI=1S/C15H21FO/c1-11-6-7-15(17,9-12(11)2)10-13-4-3-5-14(16)8-13/h3-5,8,11-12,17H,6-7,9-10H2,1-2H3. The molecule has 0 aliphatic heterocycles. The van der Waals surface area contributed by atoms with Crippen molar-refractivity contribution < 1.29 is 9.50 Å². The van der Waals surface area contributed by atoms with Crippen LogP contribution in [0.3, 0.4) is 0 Å². The van der Waals surface area contributed by atoms with Gasteiger partial charge in [0.15, 0.2) is 0 Å². The predicted molar refractivity (Wildman–Crippen MR) is 67.2 cm³/mol. The molecule has 1 nitrogen and oxygen atoms in total. The van der Waals surface area contributed by atoms with Crippen molar-refractivity contribution in [2.75, 3.05) is 0 Å². The van der Waals surface area contributed by atoms with Crippen molar-refractivity contribution in [2.24, 2.45) is 11.8 Å². The van der Waals surface area contributed by atoms with E-state index in [1.165, 1.54) is 12.1 Å². The van der Waals surface area contributed by atoms with Gasteiger partial charge in [0.25, 0.3) is 0 Å². The molecule has 1 N–H and O–H groups in total. The number of benzene rings is 1. The zero-order valence-corrected chi connectivity index (χ0v) is 10.6. The average molecular weight is 236 g/mol. The molecule has 1 aromatic carbocycles. The van der Waals surface area contributed by atoms with Crippen molar-refractivity contribution in [3.8, 4) is 0 Å². The Balaban J connectivity index is 2.07. The molecule has 0 amide bonds. The summed E-state index contributed by atoms with van der Waals surface area (Å²) in [5.74, 6) is 1.01. The molecular formula is C15H21FO. The first-order valence-corrected chi connectivity index (χ1v) is 6.45. The van der Waals surface area contributed by atoms with Gasteiger partial charge in [-0.05, 0) is 48.8 Å². The molecular weight excluding hydrogens is 215 g/mol. The average Bonchev–Trinajstić information content (AvgIpc) is 2.24. The van der Waals surface area contributed by atoms with Crippen LogP contribution >= 0.6 is 0 Å². The first kappa shape index (κ1) is 12.6. The van der Waals surface area contributed by atoms with E-state index in [9.17, 15) is 9.50 Å². The van der Waals surface area contributed by atoms with Crippen molar-refractivity contribution in [1.29, 1.82) is 0 Å². The molecule has 0 heterocycles. The Bertz CT molecular complexity index is 390. The van der Waals surface area contributed by atoms with Crippen LogP contribution in [-0.2, 0) is 6.42 Å². The first-order chi connectivity index (χ1) is 7.98. The van der Waals surface area contributed by atoms with E-state index >= 15 is 0 Å². The molecule has 1 aliphatic carbocycles. The van der Waals surface area contributed by atoms with E-state index in [0.717, 1.165) is 24.8 Å². The van der Waals surface area contributed by atoms with Crippen LogP contribution in [0, 0.1) is 17.7 Å². The highest BCUT2D eigenvalue weighted by atomic mass is 19.1. The van der Waals surface area contributed by atoms with E-state index in [0.29, 0.717) is 18.3 Å². The van der Waals surface area contributed by atoms with Crippen LogP contribution in [0.4, 0.5) is 4.39 Å². The van der Waals surface area contributed by atoms with Gasteiger partial charge in [-0.2, -0.15) is 0 Å². The molecule has 3 unspecified atom stereocenters. The van der Waals surface area contributed by atoms with E-state index in [1.807, 2.05) is 6.07 Å². The molecule has 2 rings (SSSR count). The largest absolute Gasteiger partial charge is 0.390 e. The van der Waals surface area contributed by atoms with Crippen LogP contribution in [-0.4, -0.2) is 10.7 Å². The van der Waals surface area contributed by atoms with Crippen LogP contribution in [0.5, 0.6) is 0 Å². The van der Waals surface area contributed by atoms with Crippen molar-refractivity contribution in [3.63, 3.8) is 0 Å². The Morgan fingerprint density at radius 1 is 1.35 bits per heavy atom. The normalized spacial score (nSPS) is 33.6. The number of halogens is 1. The fourth-order valence-electron chi connectivity index (χ4n) is 2.87. The second kappa shape index (κ2) is 4.77. The maximum atomic E-state index is 13.1. The molecule has 0 bridgehead atoms. The van der Waals surface area contributed by atoms with Gasteiger partial charge in [0.2, 0.25) is 0 Å². The fraction of sp³-hybridized carbons (Fsp3) is 0.600. The Hall–Kier alpha value is -0.890. The summed E-state index contributed by atoms with van der Waals surface area (Å²) >= 11 is 0. The van der Waals surface area contributed by atoms with Gasteiger partial charge in [-0.25, -0.2) is 4.39 Å². The lowest BCUT2D eigenvalue weighted by molar-refractivity contribution is -0.0279. The SMILES string of the molecule is CC1CCC(O)(Cc2cccc(F)c2)CC1C. The lowest BCUT2D eigenvalue weighted by Gasteiger charge is -2.39. The Morgan fingerprint density at radius 3 is 2.76 bits per heavy atom. The van der Waals surface area contributed by atoms with Crippen molar-refractivity contribution in [3.05, 3.63) is 35.6 Å². The van der Waals surface area contributed by atoms with Gasteiger partial charge in [-0.15, -0.1) is 0 Å². The van der Waals surface area contributed by atoms with Gasteiger partial charge in [-0.3, -0.25) is 0 Å². The maximum absolute atomic E-state index is 13.1. The minimum absolute atomic E-state index is 0.219. The summed E-state index contributed by atoms with van der Waals surface area (Å²) in [6, 6.07) is 6.58. The minimum Gasteiger partial charge on any atom is -0.390 e. The first-order valence-electron chi connectivity index (χ1n) is 6.45. The zero-order valence-electron chi connectivity index (χ0n) is 10.6. The smallest absolute Gasteiger partial charge is 0.123 e. The van der Waals surface area contributed by atoms with Gasteiger partial charge in [0.05, 0.1) is 5.60 Å². The number of hydrogen-bond acceptors (Lipinski definition) is 1. The second-order valence-corrected chi connectivity index (χ2v) is 5.73. The minimum atomic E-state index is -0.639. The molecule has 2 heteroatoms. The maximum Gasteiger partial charge on any atom is 0.123 e. The van der Waals surface area contributed by atoms with Gasteiger partial charge in [0, 0.05) is 6.42 Å². The van der Waals surface area contributed by atoms with E-state index in [4.69, 9.17) is 0 Å². The monoisotopic (exact) mass is 236 g/mol. The van der Waals surface area contributed by atoms with Gasteiger partial charge in [-0.1, -0.05) is 26.0 Å². The zero-order chi connectivity index (χ0) is 12.5. The second-order valence-electron chi connectivity index (χ2n) is 5.73. The highest BCUT2D eigenvalue weighted by Crippen LogP contribution is 2.38. The Labute approximate surface area is 103 Å². The topological polar surface area (TPSA) is 20.2 Å². The summed E-state index contributed by atoms with van der Waals surface area (Å²) < 4.78 is 13.1. The number of aliphatic hydroxyl groups is 1. The van der Waals surface area contributed by atoms with Crippen LogP contribution in [0.15, 0.2) is 24.3 Å². The van der Waals surface area contributed by atoms with Crippen molar-refractivity contribution >= 4 is 0 Å². The molecule has 1 aliphatic rings. The quantitative estimate of drug-likeness (QED) is 0.832. The third-order valence-corrected chi connectivity index (χ3v) is 4.16. The van der Waals surface area contributed by atoms with E-state index in [-0.39, 0.29) is 5.82 Å². The predicted octanol–water partition coefficient (Wildman–Crippen LogP) is 3.56. The molecule has 1 fully saturated rings. The lowest BCUT2D eigenvalue weighted by Crippen LogP contribution is -2.39. The number of hydrogen-bond donors (Lipinski definition) is 1. The van der Waals surface area contributed by atoms with Gasteiger partial charge in [0.1, 0.15) is 5.82 Å². The molecule has 0 aromatic heterocycles. The molecule has 94 valence electrons. The molecule has 0 radical (unpaired) electrons. The van der Waals surface area contributed by atoms with Gasteiger partial charge < -0.3 is 5.11 Å². The summed E-state index contributed by atoms with van der Waals surface area (Å²) in [6.45, 7) is 4.44. The summed E-state index contributed by atoms with van der Waals surface area (Å²) in [4.78, 5) is 0. The molecule has 0 saturated heterocycles. The third kappa shape index (κ3) is 3.06. The fourth-order valence-corrected chi connectivity index (χ4v) is 2.87. The van der Waals surface area contributed by atoms with Crippen molar-refractivity contribution in [2.45, 2.75) is 45.1 Å². The van der Waals surface area contributed by atoms with Crippen LogP contribution in [0.25, 0.3) is 0 Å². The summed E-state index contributed by atoms with van der Waals surface area (Å²) in [5, 5.41) is 10.6. The highest BCUT2D eigenvalue weighted by molar-refractivity contribution is 5.18. The third-order valence-electron chi connectivity index (χ3n) is 4.16. The summed E-state index contributed by atoms with van der Waals surface area (Å²) in [5.41, 5.74) is 0.258. The van der Waals surface area contributed by atoms with Gasteiger partial charge >= 0.3 is 0 Å². The summed E-state index contributed by atoms with van der Waals surface area (Å²) in [7, 11) is 0. The van der Waals surface area contributed by atoms with Crippen LogP contribution < -0.4 is 0 Å². The van der Waals surface area contributed by atoms with Crippen LogP contribution in [0.2, 0.25) is 0 Å². The van der Waals surface area contributed by atoms with E-state index in [1.54, 1.807) is 6.07 Å². The Morgan fingerprint density at radius 2 is 2.12 bits per heavy atom. The lowest BCUT2D eigenvalue weighted by atomic mass is 9.71. The molecule has 3 atom stereocenters. The van der Waals surface area contributed by atoms with Crippen molar-refractivity contribution in [1.82, 2.24) is 0 Å². The molecule has 0 spiro atoms. The molecule has 17 heavy (non-hydrogen) atoms. The Kier molecular flexibility index (Phi) is 3.53. The highest BCUT2D eigenvalue weighted by Gasteiger charge is 2.35.